The average molecular weight is 341 g/mol. The smallest absolute Gasteiger partial charge is 0.146 e. The fourth-order valence-corrected chi connectivity index (χ4v) is 2.90. The highest BCUT2D eigenvalue weighted by Gasteiger charge is 2.17. The van der Waals surface area contributed by atoms with Crippen LogP contribution in [0.2, 0.25) is 0 Å². The van der Waals surface area contributed by atoms with Crippen LogP contribution in [-0.2, 0) is 17.8 Å². The third-order valence-corrected chi connectivity index (χ3v) is 4.07. The summed E-state index contributed by atoms with van der Waals surface area (Å²) in [5.74, 6) is 1.40. The number of anilines is 2. The Balaban J connectivity index is 2.11. The van der Waals surface area contributed by atoms with Crippen LogP contribution in [-0.4, -0.2) is 30.9 Å². The molecule has 0 aliphatic heterocycles. The van der Waals surface area contributed by atoms with Crippen LogP contribution in [0.15, 0.2) is 36.5 Å². The Kier molecular flexibility index (Phi) is 5.09. The Morgan fingerprint density at radius 2 is 1.76 bits per heavy atom. The maximum absolute atomic E-state index is 5.58. The zero-order valence-electron chi connectivity index (χ0n) is 15.0. The van der Waals surface area contributed by atoms with Crippen molar-refractivity contribution in [2.24, 2.45) is 0 Å². The summed E-state index contributed by atoms with van der Waals surface area (Å²) >= 11 is 0. The lowest BCUT2D eigenvalue weighted by Gasteiger charge is -2.17. The maximum atomic E-state index is 5.58. The predicted molar refractivity (Wildman–Crippen MR) is 98.1 cm³/mol. The molecule has 6 heteroatoms. The number of benzene rings is 1. The van der Waals surface area contributed by atoms with Crippen molar-refractivity contribution in [3.63, 3.8) is 0 Å². The molecule has 0 radical (unpaired) electrons. The van der Waals surface area contributed by atoms with Crippen molar-refractivity contribution >= 4 is 16.9 Å². The van der Waals surface area contributed by atoms with Gasteiger partial charge >= 0.3 is 0 Å². The van der Waals surface area contributed by atoms with Crippen molar-refractivity contribution in [3.05, 3.63) is 47.8 Å². The van der Waals surface area contributed by atoms with Crippen LogP contribution >= 0.6 is 0 Å². The quantitative estimate of drug-likeness (QED) is 0.708. The molecule has 25 heavy (non-hydrogen) atoms. The molecule has 3 rings (SSSR count). The number of nitrogens with one attached hydrogen (secondary N) is 1. The van der Waals surface area contributed by atoms with Gasteiger partial charge in [-0.05, 0) is 36.2 Å². The summed E-state index contributed by atoms with van der Waals surface area (Å²) < 4.78 is 18.3. The van der Waals surface area contributed by atoms with Crippen LogP contribution in [0.3, 0.4) is 0 Å². The van der Waals surface area contributed by atoms with E-state index in [9.17, 15) is 0 Å². The van der Waals surface area contributed by atoms with Crippen LogP contribution in [0, 0.1) is 0 Å². The Morgan fingerprint density at radius 3 is 2.36 bits per heavy atom. The third-order valence-electron chi connectivity index (χ3n) is 4.07. The molecule has 132 valence electrons. The first kappa shape index (κ1) is 17.1. The van der Waals surface area contributed by atoms with Gasteiger partial charge in [0, 0.05) is 13.3 Å². The fraction of sp³-hybridized carbons (Fsp3) is 0.316. The SMILES string of the molecule is CCc1nn2ccccc2c1Nc1c(OC)cc(COC)cc1OC. The molecule has 2 heterocycles. The molecule has 3 aromatic rings. The molecule has 0 fully saturated rings. The molecule has 6 nitrogen and oxygen atoms in total. The van der Waals surface area contributed by atoms with E-state index in [1.54, 1.807) is 21.3 Å². The second-order valence-corrected chi connectivity index (χ2v) is 5.64. The van der Waals surface area contributed by atoms with Gasteiger partial charge in [0.05, 0.1) is 37.7 Å². The predicted octanol–water partition coefficient (Wildman–Crippen LogP) is 3.80. The third kappa shape index (κ3) is 3.25. The van der Waals surface area contributed by atoms with Gasteiger partial charge < -0.3 is 19.5 Å². The highest BCUT2D eigenvalue weighted by molar-refractivity contribution is 5.83. The number of hydrogen-bond donors (Lipinski definition) is 1. The van der Waals surface area contributed by atoms with Crippen LogP contribution in [0.4, 0.5) is 11.4 Å². The van der Waals surface area contributed by atoms with Crippen molar-refractivity contribution in [2.45, 2.75) is 20.0 Å². The molecular weight excluding hydrogens is 318 g/mol. The summed E-state index contributed by atoms with van der Waals surface area (Å²) in [6, 6.07) is 9.89. The van der Waals surface area contributed by atoms with Gasteiger partial charge in [0.2, 0.25) is 0 Å². The van der Waals surface area contributed by atoms with Crippen LogP contribution in [0.25, 0.3) is 5.52 Å². The van der Waals surface area contributed by atoms with Crippen molar-refractivity contribution in [1.29, 1.82) is 0 Å². The van der Waals surface area contributed by atoms with Crippen LogP contribution in [0.5, 0.6) is 11.5 Å². The first-order valence-electron chi connectivity index (χ1n) is 8.18. The monoisotopic (exact) mass is 341 g/mol. The van der Waals surface area contributed by atoms with E-state index in [1.807, 2.05) is 41.0 Å². The number of hydrogen-bond acceptors (Lipinski definition) is 5. The molecule has 1 aromatic carbocycles. The molecule has 0 saturated carbocycles. The van der Waals surface area contributed by atoms with E-state index < -0.39 is 0 Å². The van der Waals surface area contributed by atoms with E-state index in [0.717, 1.165) is 34.6 Å². The van der Waals surface area contributed by atoms with Gasteiger partial charge in [-0.3, -0.25) is 0 Å². The number of aryl methyl sites for hydroxylation is 1. The van der Waals surface area contributed by atoms with Gasteiger partial charge in [0.15, 0.2) is 0 Å². The van der Waals surface area contributed by atoms with Gasteiger partial charge in [-0.25, -0.2) is 4.52 Å². The van der Waals surface area contributed by atoms with E-state index in [2.05, 4.69) is 17.3 Å². The van der Waals surface area contributed by atoms with E-state index in [4.69, 9.17) is 14.2 Å². The zero-order chi connectivity index (χ0) is 17.8. The number of ether oxygens (including phenoxy) is 3. The summed E-state index contributed by atoms with van der Waals surface area (Å²) in [5, 5.41) is 8.12. The fourth-order valence-electron chi connectivity index (χ4n) is 2.90. The summed E-state index contributed by atoms with van der Waals surface area (Å²) in [7, 11) is 4.96. The summed E-state index contributed by atoms with van der Waals surface area (Å²) in [4.78, 5) is 0. The summed E-state index contributed by atoms with van der Waals surface area (Å²) in [6.45, 7) is 2.58. The van der Waals surface area contributed by atoms with E-state index in [-0.39, 0.29) is 0 Å². The minimum Gasteiger partial charge on any atom is -0.494 e. The first-order valence-corrected chi connectivity index (χ1v) is 8.18. The largest absolute Gasteiger partial charge is 0.494 e. The van der Waals surface area contributed by atoms with Crippen LogP contribution in [0.1, 0.15) is 18.2 Å². The van der Waals surface area contributed by atoms with Gasteiger partial charge in [0.1, 0.15) is 17.2 Å². The molecule has 0 bridgehead atoms. The average Bonchev–Trinajstić information content (AvgIpc) is 3.00. The lowest BCUT2D eigenvalue weighted by Crippen LogP contribution is -2.01. The van der Waals surface area contributed by atoms with Crippen molar-refractivity contribution in [2.75, 3.05) is 26.6 Å². The summed E-state index contributed by atoms with van der Waals surface area (Å²) in [6.07, 6.45) is 2.76. The molecule has 0 atom stereocenters. The highest BCUT2D eigenvalue weighted by atomic mass is 16.5. The van der Waals surface area contributed by atoms with Crippen molar-refractivity contribution in [1.82, 2.24) is 9.61 Å². The molecule has 2 aromatic heterocycles. The Labute approximate surface area is 147 Å². The number of pyridine rings is 1. The standard InChI is InChI=1S/C19H23N3O3/c1-5-14-18(15-8-6-7-9-22(15)21-14)20-19-16(24-3)10-13(12-23-2)11-17(19)25-4/h6-11,20H,5,12H2,1-4H3. The topological polar surface area (TPSA) is 57.0 Å². The molecular formula is C19H23N3O3. The van der Waals surface area contributed by atoms with Gasteiger partial charge in [-0.15, -0.1) is 0 Å². The number of aromatic nitrogens is 2. The van der Waals surface area contributed by atoms with E-state index >= 15 is 0 Å². The van der Waals surface area contributed by atoms with Crippen LogP contribution < -0.4 is 14.8 Å². The molecule has 0 unspecified atom stereocenters. The Bertz CT molecular complexity index is 848. The number of methoxy groups -OCH3 is 3. The molecule has 0 aliphatic carbocycles. The van der Waals surface area contributed by atoms with E-state index in [1.165, 1.54) is 0 Å². The normalized spacial score (nSPS) is 10.9. The van der Waals surface area contributed by atoms with E-state index in [0.29, 0.717) is 18.1 Å². The van der Waals surface area contributed by atoms with Crippen molar-refractivity contribution in [3.8, 4) is 11.5 Å². The molecule has 1 N–H and O–H groups in total. The minimum absolute atomic E-state index is 0.490. The van der Waals surface area contributed by atoms with Gasteiger partial charge in [-0.2, -0.15) is 5.10 Å². The first-order chi connectivity index (χ1) is 12.2. The second kappa shape index (κ2) is 7.44. The molecule has 0 aliphatic rings. The number of nitrogens with zero attached hydrogens (tertiary/aromatic N) is 2. The highest BCUT2D eigenvalue weighted by Crippen LogP contribution is 2.40. The molecule has 0 amide bonds. The Hall–Kier alpha value is -2.73. The maximum Gasteiger partial charge on any atom is 0.146 e. The Morgan fingerprint density at radius 1 is 1.04 bits per heavy atom. The lowest BCUT2D eigenvalue weighted by molar-refractivity contribution is 0.184. The van der Waals surface area contributed by atoms with Crippen molar-refractivity contribution < 1.29 is 14.2 Å². The zero-order valence-corrected chi connectivity index (χ0v) is 15.0. The second-order valence-electron chi connectivity index (χ2n) is 5.64. The van der Waals surface area contributed by atoms with Gasteiger partial charge in [-0.1, -0.05) is 13.0 Å². The summed E-state index contributed by atoms with van der Waals surface area (Å²) in [5.41, 5.74) is 4.70. The molecule has 0 saturated heterocycles. The minimum atomic E-state index is 0.490. The number of fused-ring (bicyclic) bond motifs is 1. The molecule has 0 spiro atoms. The number of rotatable bonds is 7. The lowest BCUT2D eigenvalue weighted by atomic mass is 10.1. The van der Waals surface area contributed by atoms with Gasteiger partial charge in [0.25, 0.3) is 0 Å².